The van der Waals surface area contributed by atoms with Crippen LogP contribution in [-0.2, 0) is 10.1 Å². The van der Waals surface area contributed by atoms with Crippen molar-refractivity contribution >= 4 is 33.3 Å². The molecular formula is C25H30N2O3S2. The monoisotopic (exact) mass is 470 g/mol. The molecule has 170 valence electrons. The second-order valence-corrected chi connectivity index (χ2v) is 11.3. The zero-order chi connectivity index (χ0) is 23.5. The van der Waals surface area contributed by atoms with E-state index in [1.54, 1.807) is 12.1 Å². The Kier molecular flexibility index (Phi) is 7.35. The summed E-state index contributed by atoms with van der Waals surface area (Å²) < 4.78 is 32.1. The van der Waals surface area contributed by atoms with Gasteiger partial charge in [-0.05, 0) is 50.2 Å². The van der Waals surface area contributed by atoms with Gasteiger partial charge in [-0.25, -0.2) is 8.42 Å². The van der Waals surface area contributed by atoms with Crippen molar-refractivity contribution in [2.45, 2.75) is 34.6 Å². The van der Waals surface area contributed by atoms with Crippen molar-refractivity contribution in [1.82, 2.24) is 0 Å². The lowest BCUT2D eigenvalue weighted by Gasteiger charge is -2.39. The van der Waals surface area contributed by atoms with E-state index >= 15 is 0 Å². The van der Waals surface area contributed by atoms with Crippen molar-refractivity contribution in [3.63, 3.8) is 0 Å². The second-order valence-electron chi connectivity index (χ2n) is 8.88. The molecule has 0 amide bonds. The molecule has 1 aliphatic rings. The smallest absolute Gasteiger partial charge is 0.124 e. The Morgan fingerprint density at radius 3 is 1.78 bits per heavy atom. The van der Waals surface area contributed by atoms with Crippen molar-refractivity contribution in [3.05, 3.63) is 78.4 Å². The minimum Gasteiger partial charge on any atom is -0.744 e. The molecule has 7 heteroatoms. The number of hydrogen-bond acceptors (Lipinski definition) is 5. The highest BCUT2D eigenvalue weighted by Gasteiger charge is 2.28. The third kappa shape index (κ3) is 5.92. The van der Waals surface area contributed by atoms with Crippen molar-refractivity contribution < 1.29 is 17.5 Å². The molecule has 0 N–H and O–H groups in total. The summed E-state index contributed by atoms with van der Waals surface area (Å²) in [6, 6.07) is 23.8. The van der Waals surface area contributed by atoms with Gasteiger partial charge >= 0.3 is 0 Å². The highest BCUT2D eigenvalue weighted by molar-refractivity contribution is 7.99. The molecule has 1 atom stereocenters. The second kappa shape index (κ2) is 9.67. The zero-order valence-corrected chi connectivity index (χ0v) is 20.8. The van der Waals surface area contributed by atoms with E-state index in [0.29, 0.717) is 6.04 Å². The lowest BCUT2D eigenvalue weighted by atomic mass is 10.1. The molecule has 0 saturated heterocycles. The van der Waals surface area contributed by atoms with Crippen LogP contribution in [0.4, 0.5) is 11.4 Å². The normalized spacial score (nSPS) is 14.0. The molecule has 4 rings (SSSR count). The summed E-state index contributed by atoms with van der Waals surface area (Å²) in [5.41, 5.74) is 3.60. The summed E-state index contributed by atoms with van der Waals surface area (Å²) in [6.45, 7) is 5.17. The first kappa shape index (κ1) is 24.3. The van der Waals surface area contributed by atoms with Crippen LogP contribution in [0.5, 0.6) is 0 Å². The Morgan fingerprint density at radius 2 is 1.34 bits per heavy atom. The summed E-state index contributed by atoms with van der Waals surface area (Å²) in [6.07, 6.45) is 0. The summed E-state index contributed by atoms with van der Waals surface area (Å²) in [5, 5.41) is 0. The van der Waals surface area contributed by atoms with E-state index in [9.17, 15) is 13.0 Å². The molecule has 0 radical (unpaired) electrons. The predicted octanol–water partition coefficient (Wildman–Crippen LogP) is 5.28. The fraction of sp³-hybridized carbons (Fsp3) is 0.280. The number of likely N-dealkylation sites (N-methyl/N-ethyl adjacent to an activating group) is 1. The van der Waals surface area contributed by atoms with Crippen LogP contribution in [0.15, 0.2) is 87.5 Å². The van der Waals surface area contributed by atoms with Crippen LogP contribution in [-0.4, -0.2) is 51.2 Å². The number of nitrogens with zero attached hydrogens (tertiary/aromatic N) is 2. The Hall–Kier alpha value is -2.32. The van der Waals surface area contributed by atoms with E-state index in [1.807, 2.05) is 18.7 Å². The molecular weight excluding hydrogens is 440 g/mol. The number of benzene rings is 3. The van der Waals surface area contributed by atoms with Crippen molar-refractivity contribution in [2.24, 2.45) is 0 Å². The topological polar surface area (TPSA) is 60.4 Å². The number of rotatable bonds is 4. The van der Waals surface area contributed by atoms with E-state index in [0.717, 1.165) is 16.6 Å². The molecule has 0 saturated carbocycles. The highest BCUT2D eigenvalue weighted by atomic mass is 32.2. The standard InChI is InChI=1S/C18H23N2S.C7H8O3S/c1-14(20(2,3)4)13-19-15-9-5-7-11-17(15)21-18-12-8-6-10-16(18)19;1-6-2-4-7(5-3-6)11(8,9)10/h5-12,14H,13H2,1-4H3;2-5H,1H3,(H,8,9,10)/q+1;/p-1. The van der Waals surface area contributed by atoms with E-state index in [2.05, 4.69) is 81.5 Å². The average molecular weight is 471 g/mol. The van der Waals surface area contributed by atoms with Gasteiger partial charge in [-0.2, -0.15) is 0 Å². The maximum Gasteiger partial charge on any atom is 0.124 e. The van der Waals surface area contributed by atoms with Gasteiger partial charge in [0.05, 0.1) is 44.0 Å². The first-order valence-corrected chi connectivity index (χ1v) is 12.7. The molecule has 0 fully saturated rings. The lowest BCUT2D eigenvalue weighted by Crippen LogP contribution is -2.49. The van der Waals surface area contributed by atoms with Gasteiger partial charge in [0.15, 0.2) is 0 Å². The third-order valence-electron chi connectivity index (χ3n) is 5.61. The van der Waals surface area contributed by atoms with Crippen LogP contribution in [0.3, 0.4) is 0 Å². The van der Waals surface area contributed by atoms with Crippen molar-refractivity contribution in [3.8, 4) is 0 Å². The SMILES string of the molecule is CC(CN1c2ccccc2Sc2ccccc21)[N+](C)(C)C.Cc1ccc(S(=O)(=O)[O-])cc1. The van der Waals surface area contributed by atoms with E-state index < -0.39 is 10.1 Å². The first-order chi connectivity index (χ1) is 15.0. The van der Waals surface area contributed by atoms with Gasteiger partial charge in [0, 0.05) is 9.79 Å². The number of hydrogen-bond donors (Lipinski definition) is 0. The fourth-order valence-corrected chi connectivity index (χ4v) is 4.76. The fourth-order valence-electron chi connectivity index (χ4n) is 3.19. The van der Waals surface area contributed by atoms with Crippen LogP contribution in [0.2, 0.25) is 0 Å². The number of anilines is 2. The van der Waals surface area contributed by atoms with Crippen LogP contribution >= 0.6 is 11.8 Å². The van der Waals surface area contributed by atoms with Gasteiger partial charge in [0.1, 0.15) is 16.2 Å². The third-order valence-corrected chi connectivity index (χ3v) is 7.59. The number of aryl methyl sites for hydroxylation is 1. The van der Waals surface area contributed by atoms with Gasteiger partial charge in [-0.15, -0.1) is 0 Å². The summed E-state index contributed by atoms with van der Waals surface area (Å²) in [4.78, 5) is 5.01. The molecule has 3 aromatic rings. The Balaban J connectivity index is 0.000000222. The van der Waals surface area contributed by atoms with Crippen LogP contribution in [0.25, 0.3) is 0 Å². The molecule has 1 unspecified atom stereocenters. The lowest BCUT2D eigenvalue weighted by molar-refractivity contribution is -0.892. The Bertz CT molecular complexity index is 1120. The molecule has 0 aliphatic carbocycles. The molecule has 3 aromatic carbocycles. The molecule has 0 spiro atoms. The predicted molar refractivity (Wildman–Crippen MR) is 131 cm³/mol. The molecule has 0 aromatic heterocycles. The van der Waals surface area contributed by atoms with Gasteiger partial charge in [0.25, 0.3) is 0 Å². The van der Waals surface area contributed by atoms with Gasteiger partial charge in [0.2, 0.25) is 0 Å². The maximum atomic E-state index is 10.4. The number of para-hydroxylation sites is 2. The number of quaternary nitrogens is 1. The van der Waals surface area contributed by atoms with Crippen molar-refractivity contribution in [2.75, 3.05) is 32.6 Å². The van der Waals surface area contributed by atoms with E-state index in [-0.39, 0.29) is 4.90 Å². The largest absolute Gasteiger partial charge is 0.744 e. The molecule has 1 heterocycles. The summed E-state index contributed by atoms with van der Waals surface area (Å²) in [7, 11) is 2.53. The Morgan fingerprint density at radius 1 is 0.875 bits per heavy atom. The minimum absolute atomic E-state index is 0.178. The van der Waals surface area contributed by atoms with E-state index in [4.69, 9.17) is 0 Å². The molecule has 0 bridgehead atoms. The first-order valence-electron chi connectivity index (χ1n) is 10.4. The number of fused-ring (bicyclic) bond motifs is 2. The van der Waals surface area contributed by atoms with Gasteiger partial charge in [-0.1, -0.05) is 53.7 Å². The van der Waals surface area contributed by atoms with Crippen molar-refractivity contribution in [1.29, 1.82) is 0 Å². The van der Waals surface area contributed by atoms with Crippen LogP contribution < -0.4 is 4.90 Å². The average Bonchev–Trinajstić information content (AvgIpc) is 2.73. The van der Waals surface area contributed by atoms with Crippen LogP contribution in [0.1, 0.15) is 12.5 Å². The Labute approximate surface area is 196 Å². The van der Waals surface area contributed by atoms with E-state index in [1.165, 1.54) is 33.3 Å². The quantitative estimate of drug-likeness (QED) is 0.383. The molecule has 1 aliphatic heterocycles. The van der Waals surface area contributed by atoms with Gasteiger partial charge in [-0.3, -0.25) is 0 Å². The summed E-state index contributed by atoms with van der Waals surface area (Å²) in [5.74, 6) is 0. The zero-order valence-electron chi connectivity index (χ0n) is 19.1. The minimum atomic E-state index is -4.27. The molecule has 5 nitrogen and oxygen atoms in total. The van der Waals surface area contributed by atoms with Crippen LogP contribution in [0, 0.1) is 6.92 Å². The van der Waals surface area contributed by atoms with Gasteiger partial charge < -0.3 is 13.9 Å². The molecule has 32 heavy (non-hydrogen) atoms. The summed E-state index contributed by atoms with van der Waals surface area (Å²) >= 11 is 1.87. The highest BCUT2D eigenvalue weighted by Crippen LogP contribution is 2.47. The maximum absolute atomic E-state index is 10.4.